The van der Waals surface area contributed by atoms with Crippen LogP contribution in [0.5, 0.6) is 0 Å². The average Bonchev–Trinajstić information content (AvgIpc) is 2.35. The average molecular weight is 282 g/mol. The molecule has 1 aliphatic heterocycles. The van der Waals surface area contributed by atoms with Crippen LogP contribution >= 0.6 is 0 Å². The lowest BCUT2D eigenvalue weighted by Gasteiger charge is -2.42. The van der Waals surface area contributed by atoms with Crippen LogP contribution in [0.2, 0.25) is 0 Å². The Kier molecular flexibility index (Phi) is 6.03. The van der Waals surface area contributed by atoms with E-state index in [9.17, 15) is 9.59 Å². The van der Waals surface area contributed by atoms with Crippen molar-refractivity contribution in [3.05, 3.63) is 0 Å². The summed E-state index contributed by atoms with van der Waals surface area (Å²) in [5.41, 5.74) is -0.243. The molecule has 1 rings (SSSR count). The minimum atomic E-state index is -0.401. The third kappa shape index (κ3) is 4.22. The highest BCUT2D eigenvalue weighted by Crippen LogP contribution is 2.25. The van der Waals surface area contributed by atoms with Gasteiger partial charge in [0, 0.05) is 6.54 Å². The molecule has 4 heteroatoms. The fourth-order valence-electron chi connectivity index (χ4n) is 2.60. The third-order valence-electron chi connectivity index (χ3n) is 4.03. The molecule has 0 aromatic heterocycles. The first-order valence-corrected chi connectivity index (χ1v) is 7.90. The first-order valence-electron chi connectivity index (χ1n) is 7.90. The molecule has 4 nitrogen and oxygen atoms in total. The number of carbonyl (C=O) groups is 2. The number of hydrogen-bond donors (Lipinski definition) is 1. The molecule has 1 aliphatic rings. The maximum atomic E-state index is 12.6. The fourth-order valence-corrected chi connectivity index (χ4v) is 2.60. The monoisotopic (exact) mass is 282 g/mol. The van der Waals surface area contributed by atoms with Crippen LogP contribution in [0.25, 0.3) is 0 Å². The maximum absolute atomic E-state index is 12.6. The van der Waals surface area contributed by atoms with Crippen LogP contribution in [-0.4, -0.2) is 35.3 Å². The van der Waals surface area contributed by atoms with Gasteiger partial charge in [-0.1, -0.05) is 53.4 Å². The molecule has 0 aliphatic carbocycles. The van der Waals surface area contributed by atoms with Crippen LogP contribution in [0, 0.1) is 5.41 Å². The molecule has 116 valence electrons. The van der Waals surface area contributed by atoms with Crippen molar-refractivity contribution in [2.45, 2.75) is 78.8 Å². The fraction of sp³-hybridized carbons (Fsp3) is 0.875. The Morgan fingerprint density at radius 2 is 1.70 bits per heavy atom. The summed E-state index contributed by atoms with van der Waals surface area (Å²) in [6.07, 6.45) is 5.79. The largest absolute Gasteiger partial charge is 0.342 e. The van der Waals surface area contributed by atoms with E-state index in [0.29, 0.717) is 6.54 Å². The molecule has 1 saturated heterocycles. The second kappa shape index (κ2) is 7.09. The van der Waals surface area contributed by atoms with Gasteiger partial charge in [0.25, 0.3) is 0 Å². The van der Waals surface area contributed by atoms with Gasteiger partial charge in [0.15, 0.2) is 0 Å². The van der Waals surface area contributed by atoms with Crippen LogP contribution < -0.4 is 5.32 Å². The van der Waals surface area contributed by atoms with E-state index < -0.39 is 6.04 Å². The lowest BCUT2D eigenvalue weighted by molar-refractivity contribution is -0.151. The van der Waals surface area contributed by atoms with Gasteiger partial charge in [0.2, 0.25) is 11.8 Å². The molecule has 0 aromatic carbocycles. The molecule has 2 amide bonds. The van der Waals surface area contributed by atoms with Crippen LogP contribution in [0.3, 0.4) is 0 Å². The van der Waals surface area contributed by atoms with Crippen molar-refractivity contribution in [2.24, 2.45) is 5.41 Å². The van der Waals surface area contributed by atoms with Gasteiger partial charge >= 0.3 is 0 Å². The van der Waals surface area contributed by atoms with Gasteiger partial charge in [-0.2, -0.15) is 0 Å². The van der Waals surface area contributed by atoms with Crippen LogP contribution in [0.4, 0.5) is 0 Å². The Bertz CT molecular complexity index is 347. The predicted octanol–water partition coefficient (Wildman–Crippen LogP) is 2.72. The number of rotatable bonds is 6. The second-order valence-corrected chi connectivity index (χ2v) is 6.93. The standard InChI is InChI=1S/C16H30N2O2/c1-6-7-8-9-10-11-18-12(2)14(19)17-13(15(18)20)16(3,4)5/h12-13H,6-11H2,1-5H3,(H,17,19). The number of carbonyl (C=O) groups excluding carboxylic acids is 2. The first kappa shape index (κ1) is 17.0. The smallest absolute Gasteiger partial charge is 0.246 e. The Balaban J connectivity index is 2.62. The molecule has 0 radical (unpaired) electrons. The molecule has 0 aromatic rings. The number of amides is 2. The van der Waals surface area contributed by atoms with Gasteiger partial charge in [0.05, 0.1) is 0 Å². The van der Waals surface area contributed by atoms with Crippen molar-refractivity contribution in [2.75, 3.05) is 6.54 Å². The molecule has 1 heterocycles. The Hall–Kier alpha value is -1.06. The quantitative estimate of drug-likeness (QED) is 0.762. The number of piperazine rings is 1. The lowest BCUT2D eigenvalue weighted by Crippen LogP contribution is -2.65. The highest BCUT2D eigenvalue weighted by molar-refractivity contribution is 5.97. The van der Waals surface area contributed by atoms with E-state index in [1.807, 2.05) is 27.7 Å². The Morgan fingerprint density at radius 3 is 2.25 bits per heavy atom. The van der Waals surface area contributed by atoms with Gasteiger partial charge in [-0.15, -0.1) is 0 Å². The number of nitrogens with one attached hydrogen (secondary N) is 1. The SMILES string of the molecule is CCCCCCCN1C(=O)C(C(C)(C)C)NC(=O)C1C. The summed E-state index contributed by atoms with van der Waals surface area (Å²) in [5.74, 6) is 0.0400. The van der Waals surface area contributed by atoms with Gasteiger partial charge in [0.1, 0.15) is 12.1 Å². The maximum Gasteiger partial charge on any atom is 0.246 e. The van der Waals surface area contributed by atoms with Crippen LogP contribution in [0.15, 0.2) is 0 Å². The van der Waals surface area contributed by atoms with E-state index in [-0.39, 0.29) is 23.3 Å². The topological polar surface area (TPSA) is 49.4 Å². The van der Waals surface area contributed by atoms with E-state index in [2.05, 4.69) is 12.2 Å². The van der Waals surface area contributed by atoms with Crippen molar-refractivity contribution < 1.29 is 9.59 Å². The summed E-state index contributed by atoms with van der Waals surface area (Å²) >= 11 is 0. The molecule has 2 atom stereocenters. The Labute approximate surface area is 123 Å². The van der Waals surface area contributed by atoms with Gasteiger partial charge in [-0.3, -0.25) is 9.59 Å². The minimum Gasteiger partial charge on any atom is -0.342 e. The summed E-state index contributed by atoms with van der Waals surface area (Å²) in [6, 6.07) is -0.742. The van der Waals surface area contributed by atoms with Crippen molar-refractivity contribution in [3.8, 4) is 0 Å². The highest BCUT2D eigenvalue weighted by atomic mass is 16.2. The summed E-state index contributed by atoms with van der Waals surface area (Å²) < 4.78 is 0. The second-order valence-electron chi connectivity index (χ2n) is 6.93. The summed E-state index contributed by atoms with van der Waals surface area (Å²) in [5, 5.41) is 2.87. The zero-order valence-corrected chi connectivity index (χ0v) is 13.7. The molecule has 20 heavy (non-hydrogen) atoms. The van der Waals surface area contributed by atoms with Gasteiger partial charge < -0.3 is 10.2 Å². The first-order chi connectivity index (χ1) is 9.29. The third-order valence-corrected chi connectivity index (χ3v) is 4.03. The summed E-state index contributed by atoms with van der Waals surface area (Å²) in [7, 11) is 0. The predicted molar refractivity (Wildman–Crippen MR) is 81.3 cm³/mol. The minimum absolute atomic E-state index is 0.0296. The molecule has 0 spiro atoms. The van der Waals surface area contributed by atoms with E-state index in [1.54, 1.807) is 4.90 Å². The number of hydrogen-bond acceptors (Lipinski definition) is 2. The van der Waals surface area contributed by atoms with Crippen LogP contribution in [-0.2, 0) is 9.59 Å². The van der Waals surface area contributed by atoms with Crippen molar-refractivity contribution >= 4 is 11.8 Å². The van der Waals surface area contributed by atoms with Gasteiger partial charge in [-0.05, 0) is 18.8 Å². The van der Waals surface area contributed by atoms with Crippen LogP contribution in [0.1, 0.15) is 66.7 Å². The lowest BCUT2D eigenvalue weighted by atomic mass is 9.84. The highest BCUT2D eigenvalue weighted by Gasteiger charge is 2.43. The molecule has 2 unspecified atom stereocenters. The zero-order chi connectivity index (χ0) is 15.3. The van der Waals surface area contributed by atoms with Crippen molar-refractivity contribution in [1.82, 2.24) is 10.2 Å². The summed E-state index contributed by atoms with van der Waals surface area (Å²) in [6.45, 7) is 10.7. The molecule has 0 saturated carbocycles. The molecular formula is C16H30N2O2. The zero-order valence-electron chi connectivity index (χ0n) is 13.7. The van der Waals surface area contributed by atoms with E-state index >= 15 is 0 Å². The molecule has 0 bridgehead atoms. The number of nitrogens with zero attached hydrogens (tertiary/aromatic N) is 1. The Morgan fingerprint density at radius 1 is 1.10 bits per heavy atom. The normalized spacial score (nSPS) is 23.9. The van der Waals surface area contributed by atoms with Gasteiger partial charge in [-0.25, -0.2) is 0 Å². The summed E-state index contributed by atoms with van der Waals surface area (Å²) in [4.78, 5) is 26.4. The van der Waals surface area contributed by atoms with E-state index in [0.717, 1.165) is 12.8 Å². The molecular weight excluding hydrogens is 252 g/mol. The molecule has 1 fully saturated rings. The van der Waals surface area contributed by atoms with E-state index in [4.69, 9.17) is 0 Å². The van der Waals surface area contributed by atoms with Crippen molar-refractivity contribution in [3.63, 3.8) is 0 Å². The van der Waals surface area contributed by atoms with Crippen molar-refractivity contribution in [1.29, 1.82) is 0 Å². The number of unbranched alkanes of at least 4 members (excludes halogenated alkanes) is 4. The molecule has 1 N–H and O–H groups in total. The van der Waals surface area contributed by atoms with E-state index in [1.165, 1.54) is 19.3 Å².